The van der Waals surface area contributed by atoms with Crippen molar-refractivity contribution >= 4 is 46.4 Å². The van der Waals surface area contributed by atoms with Crippen molar-refractivity contribution in [2.45, 2.75) is 6.92 Å². The van der Waals surface area contributed by atoms with Crippen molar-refractivity contribution < 1.29 is 9.59 Å². The molecular weight excluding hydrogens is 372 g/mol. The van der Waals surface area contributed by atoms with Gasteiger partial charge in [0.2, 0.25) is 5.91 Å². The first-order valence-electron chi connectivity index (χ1n) is 8.73. The van der Waals surface area contributed by atoms with Gasteiger partial charge in [0.05, 0.1) is 0 Å². The quantitative estimate of drug-likeness (QED) is 0.447. The first-order valence-corrected chi connectivity index (χ1v) is 9.11. The molecule has 3 rings (SSSR count). The first-order chi connectivity index (χ1) is 13.5. The fourth-order valence-electron chi connectivity index (χ4n) is 2.66. The highest BCUT2D eigenvalue weighted by atomic mass is 35.5. The Morgan fingerprint density at radius 3 is 1.93 bits per heavy atom. The molecule has 140 valence electrons. The summed E-state index contributed by atoms with van der Waals surface area (Å²) in [6, 6.07) is 23.7. The van der Waals surface area contributed by atoms with Gasteiger partial charge in [0.1, 0.15) is 0 Å². The summed E-state index contributed by atoms with van der Waals surface area (Å²) in [4.78, 5) is 24.1. The van der Waals surface area contributed by atoms with Crippen molar-refractivity contribution in [3.63, 3.8) is 0 Å². The van der Waals surface area contributed by atoms with Crippen molar-refractivity contribution in [1.82, 2.24) is 0 Å². The maximum absolute atomic E-state index is 13.0. The van der Waals surface area contributed by atoms with E-state index in [1.807, 2.05) is 48.5 Å². The second-order valence-electron chi connectivity index (χ2n) is 6.19. The zero-order valence-corrected chi connectivity index (χ0v) is 16.0. The van der Waals surface area contributed by atoms with Crippen LogP contribution in [-0.2, 0) is 9.59 Å². The van der Waals surface area contributed by atoms with Gasteiger partial charge in [-0.1, -0.05) is 54.1 Å². The van der Waals surface area contributed by atoms with Crippen LogP contribution in [0.4, 0.5) is 11.4 Å². The Morgan fingerprint density at radius 1 is 0.786 bits per heavy atom. The fraction of sp³-hybridized carbons (Fsp3) is 0.0435. The van der Waals surface area contributed by atoms with Crippen molar-refractivity contribution in [2.24, 2.45) is 0 Å². The van der Waals surface area contributed by atoms with Crippen LogP contribution in [0.25, 0.3) is 11.6 Å². The number of halogens is 1. The lowest BCUT2D eigenvalue weighted by atomic mass is 10.0. The Labute approximate surface area is 168 Å². The van der Waals surface area contributed by atoms with Crippen LogP contribution in [0, 0.1) is 0 Å². The van der Waals surface area contributed by atoms with Crippen LogP contribution in [0.15, 0.2) is 78.9 Å². The van der Waals surface area contributed by atoms with Crippen molar-refractivity contribution in [2.75, 3.05) is 10.6 Å². The Morgan fingerprint density at radius 2 is 1.36 bits per heavy atom. The maximum Gasteiger partial charge on any atom is 0.256 e. The smallest absolute Gasteiger partial charge is 0.256 e. The summed E-state index contributed by atoms with van der Waals surface area (Å²) in [5.74, 6) is -0.383. The third kappa shape index (κ3) is 5.32. The molecule has 0 aliphatic heterocycles. The summed E-state index contributed by atoms with van der Waals surface area (Å²) in [5.41, 5.74) is 3.51. The van der Waals surface area contributed by atoms with Gasteiger partial charge >= 0.3 is 0 Å². The third-order valence-corrected chi connectivity index (χ3v) is 4.23. The zero-order valence-electron chi connectivity index (χ0n) is 15.3. The number of carbonyl (C=O) groups excluding carboxylic acids is 2. The van der Waals surface area contributed by atoms with Gasteiger partial charge in [-0.3, -0.25) is 9.59 Å². The molecule has 3 aromatic carbocycles. The van der Waals surface area contributed by atoms with Crippen molar-refractivity contribution in [3.8, 4) is 0 Å². The highest BCUT2D eigenvalue weighted by Gasteiger charge is 2.13. The molecule has 0 aliphatic carbocycles. The largest absolute Gasteiger partial charge is 0.326 e. The van der Waals surface area contributed by atoms with Gasteiger partial charge in [-0.25, -0.2) is 0 Å². The highest BCUT2D eigenvalue weighted by Crippen LogP contribution is 2.23. The van der Waals surface area contributed by atoms with E-state index in [1.54, 1.807) is 36.4 Å². The van der Waals surface area contributed by atoms with E-state index in [0.717, 1.165) is 11.1 Å². The number of rotatable bonds is 5. The topological polar surface area (TPSA) is 58.2 Å². The van der Waals surface area contributed by atoms with Crippen LogP contribution in [0.1, 0.15) is 18.1 Å². The monoisotopic (exact) mass is 390 g/mol. The fourth-order valence-corrected chi connectivity index (χ4v) is 2.79. The second-order valence-corrected chi connectivity index (χ2v) is 6.62. The minimum Gasteiger partial charge on any atom is -0.326 e. The molecule has 0 fully saturated rings. The van der Waals surface area contributed by atoms with E-state index in [0.29, 0.717) is 22.0 Å². The lowest BCUT2D eigenvalue weighted by Crippen LogP contribution is -2.14. The van der Waals surface area contributed by atoms with E-state index in [1.165, 1.54) is 6.92 Å². The molecule has 0 aromatic heterocycles. The number of carbonyl (C=O) groups is 2. The molecule has 4 nitrogen and oxygen atoms in total. The van der Waals surface area contributed by atoms with E-state index in [9.17, 15) is 9.59 Å². The minimum absolute atomic E-state index is 0.146. The molecule has 2 amide bonds. The van der Waals surface area contributed by atoms with Crippen molar-refractivity contribution in [3.05, 3.63) is 95.0 Å². The number of amides is 2. The third-order valence-electron chi connectivity index (χ3n) is 3.97. The van der Waals surface area contributed by atoms with Crippen LogP contribution in [0.3, 0.4) is 0 Å². The maximum atomic E-state index is 13.0. The molecule has 0 aliphatic rings. The number of anilines is 2. The van der Waals surface area contributed by atoms with Gasteiger partial charge in [0.25, 0.3) is 5.91 Å². The SMILES string of the molecule is CC(=O)Nc1ccc(NC(=O)/C(=C/c2ccccc2)c2ccc(Cl)cc2)cc1. The van der Waals surface area contributed by atoms with Gasteiger partial charge in [0, 0.05) is 28.9 Å². The first kappa shape index (κ1) is 19.4. The predicted molar refractivity (Wildman–Crippen MR) is 115 cm³/mol. The molecule has 2 N–H and O–H groups in total. The minimum atomic E-state index is -0.238. The molecule has 28 heavy (non-hydrogen) atoms. The molecular formula is C23H19ClN2O2. The van der Waals surface area contributed by atoms with Gasteiger partial charge < -0.3 is 10.6 Å². The summed E-state index contributed by atoms with van der Waals surface area (Å²) in [6.07, 6.45) is 1.84. The molecule has 0 saturated heterocycles. The van der Waals surface area contributed by atoms with E-state index in [-0.39, 0.29) is 11.8 Å². The van der Waals surface area contributed by atoms with Crippen LogP contribution in [-0.4, -0.2) is 11.8 Å². The van der Waals surface area contributed by atoms with Crippen LogP contribution >= 0.6 is 11.6 Å². The average molecular weight is 391 g/mol. The highest BCUT2D eigenvalue weighted by molar-refractivity contribution is 6.31. The molecule has 0 atom stereocenters. The Kier molecular flexibility index (Phi) is 6.25. The van der Waals surface area contributed by atoms with Gasteiger partial charge in [-0.2, -0.15) is 0 Å². The number of benzene rings is 3. The normalized spacial score (nSPS) is 11.0. The molecule has 0 unspecified atom stereocenters. The Bertz CT molecular complexity index is 995. The van der Waals surface area contributed by atoms with Crippen LogP contribution in [0.5, 0.6) is 0 Å². The molecule has 5 heteroatoms. The summed E-state index contributed by atoms with van der Waals surface area (Å²) in [6.45, 7) is 1.45. The molecule has 0 heterocycles. The lowest BCUT2D eigenvalue weighted by molar-refractivity contribution is -0.114. The standard InChI is InChI=1S/C23H19ClN2O2/c1-16(27)25-20-11-13-21(14-12-20)26-23(28)22(15-17-5-3-2-4-6-17)18-7-9-19(24)10-8-18/h2-15H,1H3,(H,25,27)(H,26,28)/b22-15+. The van der Waals surface area contributed by atoms with Crippen LogP contribution in [0.2, 0.25) is 5.02 Å². The van der Waals surface area contributed by atoms with Gasteiger partial charge in [-0.15, -0.1) is 0 Å². The predicted octanol–water partition coefficient (Wildman–Crippen LogP) is 5.48. The second kappa shape index (κ2) is 9.02. The van der Waals surface area contributed by atoms with E-state index < -0.39 is 0 Å². The number of nitrogens with one attached hydrogen (secondary N) is 2. The Balaban J connectivity index is 1.87. The van der Waals surface area contributed by atoms with E-state index in [4.69, 9.17) is 11.6 Å². The van der Waals surface area contributed by atoms with E-state index in [2.05, 4.69) is 10.6 Å². The number of hydrogen-bond donors (Lipinski definition) is 2. The Hall–Kier alpha value is -3.37. The van der Waals surface area contributed by atoms with Gasteiger partial charge in [-0.05, 0) is 53.6 Å². The van der Waals surface area contributed by atoms with E-state index >= 15 is 0 Å². The molecule has 0 bridgehead atoms. The number of hydrogen-bond acceptors (Lipinski definition) is 2. The molecule has 0 spiro atoms. The molecule has 0 radical (unpaired) electrons. The molecule has 0 saturated carbocycles. The summed E-state index contributed by atoms with van der Waals surface area (Å²) in [7, 11) is 0. The zero-order chi connectivity index (χ0) is 19.9. The summed E-state index contributed by atoms with van der Waals surface area (Å²) >= 11 is 5.99. The summed E-state index contributed by atoms with van der Waals surface area (Å²) < 4.78 is 0. The lowest BCUT2D eigenvalue weighted by Gasteiger charge is -2.11. The van der Waals surface area contributed by atoms with Crippen molar-refractivity contribution in [1.29, 1.82) is 0 Å². The van der Waals surface area contributed by atoms with Crippen LogP contribution < -0.4 is 10.6 Å². The average Bonchev–Trinajstić information content (AvgIpc) is 2.69. The summed E-state index contributed by atoms with van der Waals surface area (Å²) in [5, 5.41) is 6.21. The van der Waals surface area contributed by atoms with Gasteiger partial charge in [0.15, 0.2) is 0 Å². The molecule has 3 aromatic rings.